The Bertz CT molecular complexity index is 924. The van der Waals surface area contributed by atoms with Crippen molar-refractivity contribution >= 4 is 22.4 Å². The molecule has 96 valence electrons. The molecule has 1 aromatic carbocycles. The molecule has 0 saturated carbocycles. The number of nitrogens with zero attached hydrogens (tertiary/aromatic N) is 3. The van der Waals surface area contributed by atoms with Gasteiger partial charge in [0.05, 0.1) is 5.52 Å². The molecule has 0 unspecified atom stereocenters. The molecule has 3 aromatic heterocycles. The van der Waals surface area contributed by atoms with Crippen LogP contribution in [0.25, 0.3) is 27.8 Å². The van der Waals surface area contributed by atoms with Gasteiger partial charge in [0.2, 0.25) is 0 Å². The van der Waals surface area contributed by atoms with Crippen LogP contribution in [0.4, 0.5) is 5.82 Å². The quantitative estimate of drug-likeness (QED) is 0.572. The molecule has 2 N–H and O–H groups in total. The van der Waals surface area contributed by atoms with Gasteiger partial charge in [-0.2, -0.15) is 0 Å². The molecule has 0 amide bonds. The topological polar surface area (TPSA) is 56.2 Å². The van der Waals surface area contributed by atoms with Crippen molar-refractivity contribution in [1.82, 2.24) is 14.4 Å². The van der Waals surface area contributed by atoms with E-state index in [1.54, 1.807) is 6.20 Å². The Morgan fingerprint density at radius 3 is 2.85 bits per heavy atom. The van der Waals surface area contributed by atoms with Crippen molar-refractivity contribution in [3.05, 3.63) is 60.9 Å². The zero-order chi connectivity index (χ0) is 13.5. The average Bonchev–Trinajstić information content (AvgIpc) is 2.84. The molecule has 0 aliphatic heterocycles. The summed E-state index contributed by atoms with van der Waals surface area (Å²) in [6.07, 6.45) is 3.71. The summed E-state index contributed by atoms with van der Waals surface area (Å²) in [5.41, 5.74) is 9.84. The number of imidazole rings is 1. The van der Waals surface area contributed by atoms with Crippen molar-refractivity contribution in [2.75, 3.05) is 5.73 Å². The lowest BCUT2D eigenvalue weighted by Crippen LogP contribution is -1.93. The molecule has 0 spiro atoms. The zero-order valence-corrected chi connectivity index (χ0v) is 10.7. The van der Waals surface area contributed by atoms with E-state index in [4.69, 9.17) is 5.73 Å². The fourth-order valence-corrected chi connectivity index (χ4v) is 2.45. The van der Waals surface area contributed by atoms with Crippen LogP contribution < -0.4 is 5.73 Å². The van der Waals surface area contributed by atoms with E-state index < -0.39 is 0 Å². The standard InChI is InChI=1S/C16H12N4/c17-16-15(19-14-5-1-2-9-20(14)16)12-6-7-13-11(10-12)4-3-8-18-13/h1-10H,17H2. The summed E-state index contributed by atoms with van der Waals surface area (Å²) in [5.74, 6) is 0.656. The number of nitrogens with two attached hydrogens (primary N) is 1. The smallest absolute Gasteiger partial charge is 0.139 e. The summed E-state index contributed by atoms with van der Waals surface area (Å²) in [7, 11) is 0. The van der Waals surface area contributed by atoms with Crippen LogP contribution in [0.2, 0.25) is 0 Å². The highest BCUT2D eigenvalue weighted by Gasteiger charge is 2.11. The minimum Gasteiger partial charge on any atom is -0.383 e. The second kappa shape index (κ2) is 4.06. The Kier molecular flexibility index (Phi) is 2.23. The molecule has 4 aromatic rings. The van der Waals surface area contributed by atoms with Crippen molar-refractivity contribution in [2.24, 2.45) is 0 Å². The molecule has 4 rings (SSSR count). The number of aromatic nitrogens is 3. The molecular formula is C16H12N4. The van der Waals surface area contributed by atoms with E-state index in [1.807, 2.05) is 53.1 Å². The van der Waals surface area contributed by atoms with Crippen LogP contribution in [0.5, 0.6) is 0 Å². The van der Waals surface area contributed by atoms with E-state index >= 15 is 0 Å². The summed E-state index contributed by atoms with van der Waals surface area (Å²) in [6.45, 7) is 0. The van der Waals surface area contributed by atoms with E-state index in [0.717, 1.165) is 27.8 Å². The SMILES string of the molecule is Nc1c(-c2ccc3ncccc3c2)nc2ccccn12. The molecule has 3 heterocycles. The Morgan fingerprint density at radius 2 is 1.95 bits per heavy atom. The molecule has 4 nitrogen and oxygen atoms in total. The Morgan fingerprint density at radius 1 is 1.00 bits per heavy atom. The van der Waals surface area contributed by atoms with Gasteiger partial charge in [0, 0.05) is 23.3 Å². The van der Waals surface area contributed by atoms with E-state index in [9.17, 15) is 0 Å². The third-order valence-corrected chi connectivity index (χ3v) is 3.44. The minimum absolute atomic E-state index is 0.656. The normalized spacial score (nSPS) is 11.2. The van der Waals surface area contributed by atoms with Crippen molar-refractivity contribution in [2.45, 2.75) is 0 Å². The number of hydrogen-bond acceptors (Lipinski definition) is 3. The first-order valence-electron chi connectivity index (χ1n) is 6.41. The van der Waals surface area contributed by atoms with E-state index in [2.05, 4.69) is 16.0 Å². The summed E-state index contributed by atoms with van der Waals surface area (Å²) >= 11 is 0. The number of pyridine rings is 2. The number of hydrogen-bond donors (Lipinski definition) is 1. The molecule has 0 bridgehead atoms. The van der Waals surface area contributed by atoms with Crippen LogP contribution in [0.15, 0.2) is 60.9 Å². The maximum atomic E-state index is 6.20. The lowest BCUT2D eigenvalue weighted by Gasteiger charge is -2.02. The lowest BCUT2D eigenvalue weighted by atomic mass is 10.1. The minimum atomic E-state index is 0.656. The van der Waals surface area contributed by atoms with Crippen LogP contribution in [-0.2, 0) is 0 Å². The first-order valence-corrected chi connectivity index (χ1v) is 6.41. The fourth-order valence-electron chi connectivity index (χ4n) is 2.45. The van der Waals surface area contributed by atoms with Gasteiger partial charge in [0.25, 0.3) is 0 Å². The van der Waals surface area contributed by atoms with Gasteiger partial charge >= 0.3 is 0 Å². The molecule has 0 aliphatic rings. The van der Waals surface area contributed by atoms with E-state index in [0.29, 0.717) is 5.82 Å². The lowest BCUT2D eigenvalue weighted by molar-refractivity contribution is 1.20. The molecular weight excluding hydrogens is 248 g/mol. The Balaban J connectivity index is 1.98. The van der Waals surface area contributed by atoms with E-state index in [1.165, 1.54) is 0 Å². The van der Waals surface area contributed by atoms with Gasteiger partial charge in [-0.25, -0.2) is 4.98 Å². The van der Waals surface area contributed by atoms with Gasteiger partial charge < -0.3 is 5.73 Å². The van der Waals surface area contributed by atoms with Crippen molar-refractivity contribution < 1.29 is 0 Å². The highest BCUT2D eigenvalue weighted by atomic mass is 15.1. The fraction of sp³-hybridized carbons (Fsp3) is 0. The van der Waals surface area contributed by atoms with E-state index in [-0.39, 0.29) is 0 Å². The zero-order valence-electron chi connectivity index (χ0n) is 10.7. The van der Waals surface area contributed by atoms with Gasteiger partial charge in [-0.3, -0.25) is 9.38 Å². The highest BCUT2D eigenvalue weighted by Crippen LogP contribution is 2.28. The number of benzene rings is 1. The van der Waals surface area contributed by atoms with Crippen LogP contribution in [-0.4, -0.2) is 14.4 Å². The molecule has 0 atom stereocenters. The Hall–Kier alpha value is -2.88. The average molecular weight is 260 g/mol. The van der Waals surface area contributed by atoms with Crippen molar-refractivity contribution in [1.29, 1.82) is 0 Å². The van der Waals surface area contributed by atoms with Gasteiger partial charge in [-0.1, -0.05) is 18.2 Å². The highest BCUT2D eigenvalue weighted by molar-refractivity contribution is 5.86. The molecule has 0 radical (unpaired) electrons. The molecule has 20 heavy (non-hydrogen) atoms. The first kappa shape index (κ1) is 11.0. The second-order valence-electron chi connectivity index (χ2n) is 4.69. The third kappa shape index (κ3) is 1.55. The van der Waals surface area contributed by atoms with Gasteiger partial charge in [-0.05, 0) is 30.3 Å². The molecule has 0 aliphatic carbocycles. The predicted molar refractivity (Wildman–Crippen MR) is 80.3 cm³/mol. The summed E-state index contributed by atoms with van der Waals surface area (Å²) in [4.78, 5) is 8.93. The van der Waals surface area contributed by atoms with Crippen molar-refractivity contribution in [3.63, 3.8) is 0 Å². The summed E-state index contributed by atoms with van der Waals surface area (Å²) in [6, 6.07) is 15.9. The second-order valence-corrected chi connectivity index (χ2v) is 4.69. The van der Waals surface area contributed by atoms with Crippen LogP contribution in [0.1, 0.15) is 0 Å². The predicted octanol–water partition coefficient (Wildman–Crippen LogP) is 3.13. The Labute approximate surface area is 115 Å². The number of anilines is 1. The largest absolute Gasteiger partial charge is 0.383 e. The summed E-state index contributed by atoms with van der Waals surface area (Å²) < 4.78 is 1.89. The number of nitrogen functional groups attached to an aromatic ring is 1. The van der Waals surface area contributed by atoms with Gasteiger partial charge in [0.15, 0.2) is 0 Å². The third-order valence-electron chi connectivity index (χ3n) is 3.44. The molecule has 4 heteroatoms. The van der Waals surface area contributed by atoms with Gasteiger partial charge in [-0.15, -0.1) is 0 Å². The molecule has 0 saturated heterocycles. The van der Waals surface area contributed by atoms with Gasteiger partial charge in [0.1, 0.15) is 17.2 Å². The first-order chi connectivity index (χ1) is 9.83. The van der Waals surface area contributed by atoms with Crippen molar-refractivity contribution in [3.8, 4) is 11.3 Å². The molecule has 0 fully saturated rings. The number of fused-ring (bicyclic) bond motifs is 2. The van der Waals surface area contributed by atoms with Crippen LogP contribution >= 0.6 is 0 Å². The number of rotatable bonds is 1. The maximum Gasteiger partial charge on any atom is 0.139 e. The maximum absolute atomic E-state index is 6.20. The summed E-state index contributed by atoms with van der Waals surface area (Å²) in [5, 5.41) is 1.08. The van der Waals surface area contributed by atoms with Crippen LogP contribution in [0, 0.1) is 0 Å². The monoisotopic (exact) mass is 260 g/mol. The van der Waals surface area contributed by atoms with Crippen LogP contribution in [0.3, 0.4) is 0 Å².